The molecule has 0 spiro atoms. The molecule has 0 amide bonds. The first-order valence-corrected chi connectivity index (χ1v) is 6.19. The molecular formula is C16H13F3O2. The SMILES string of the molecule is COc1cc(C)cc(C)c1C(=O)c1c(F)cc(F)cc1F. The van der Waals surface area contributed by atoms with Crippen LogP contribution in [-0.4, -0.2) is 12.9 Å². The highest BCUT2D eigenvalue weighted by atomic mass is 19.1. The maximum Gasteiger partial charge on any atom is 0.202 e. The van der Waals surface area contributed by atoms with Crippen molar-refractivity contribution in [1.82, 2.24) is 0 Å². The zero-order valence-corrected chi connectivity index (χ0v) is 11.8. The Bertz CT molecular complexity index is 701. The molecule has 2 aromatic rings. The van der Waals surface area contributed by atoms with Crippen LogP contribution in [0.15, 0.2) is 24.3 Å². The number of ether oxygens (including phenoxy) is 1. The zero-order chi connectivity index (χ0) is 15.7. The number of benzene rings is 2. The molecule has 0 bridgehead atoms. The molecule has 0 saturated heterocycles. The molecular weight excluding hydrogens is 281 g/mol. The molecule has 0 saturated carbocycles. The Kier molecular flexibility index (Phi) is 4.02. The van der Waals surface area contributed by atoms with Gasteiger partial charge in [-0.1, -0.05) is 6.07 Å². The second-order valence-corrected chi connectivity index (χ2v) is 4.73. The number of aryl methyl sites for hydroxylation is 2. The van der Waals surface area contributed by atoms with Crippen LogP contribution in [0.1, 0.15) is 27.0 Å². The summed E-state index contributed by atoms with van der Waals surface area (Å²) in [5, 5.41) is 0. The predicted octanol–water partition coefficient (Wildman–Crippen LogP) is 3.96. The third kappa shape index (κ3) is 2.77. The fourth-order valence-electron chi connectivity index (χ4n) is 2.26. The molecule has 0 aliphatic carbocycles. The molecule has 0 radical (unpaired) electrons. The van der Waals surface area contributed by atoms with E-state index in [2.05, 4.69) is 0 Å². The normalized spacial score (nSPS) is 10.6. The van der Waals surface area contributed by atoms with Crippen molar-refractivity contribution in [3.8, 4) is 5.75 Å². The topological polar surface area (TPSA) is 26.3 Å². The van der Waals surface area contributed by atoms with Crippen LogP contribution in [-0.2, 0) is 0 Å². The van der Waals surface area contributed by atoms with Gasteiger partial charge in [-0.3, -0.25) is 4.79 Å². The molecule has 21 heavy (non-hydrogen) atoms. The molecule has 0 unspecified atom stereocenters. The summed E-state index contributed by atoms with van der Waals surface area (Å²) in [5.74, 6) is -4.20. The third-order valence-electron chi connectivity index (χ3n) is 3.12. The zero-order valence-electron chi connectivity index (χ0n) is 11.8. The Balaban J connectivity index is 2.66. The van der Waals surface area contributed by atoms with Gasteiger partial charge in [-0.25, -0.2) is 13.2 Å². The lowest BCUT2D eigenvalue weighted by atomic mass is 9.95. The number of ketones is 1. The summed E-state index contributed by atoms with van der Waals surface area (Å²) in [6.07, 6.45) is 0. The maximum absolute atomic E-state index is 13.8. The van der Waals surface area contributed by atoms with Gasteiger partial charge >= 0.3 is 0 Å². The molecule has 0 aliphatic heterocycles. The van der Waals surface area contributed by atoms with E-state index in [4.69, 9.17) is 4.74 Å². The van der Waals surface area contributed by atoms with E-state index in [0.29, 0.717) is 17.7 Å². The van der Waals surface area contributed by atoms with Crippen LogP contribution in [0.4, 0.5) is 13.2 Å². The molecule has 2 aromatic carbocycles. The second kappa shape index (κ2) is 5.60. The lowest BCUT2D eigenvalue weighted by molar-refractivity contribution is 0.102. The van der Waals surface area contributed by atoms with E-state index in [-0.39, 0.29) is 11.3 Å². The van der Waals surface area contributed by atoms with Gasteiger partial charge in [-0.15, -0.1) is 0 Å². The number of rotatable bonds is 3. The van der Waals surface area contributed by atoms with Crippen LogP contribution in [0.5, 0.6) is 5.75 Å². The van der Waals surface area contributed by atoms with Crippen LogP contribution in [0.2, 0.25) is 0 Å². The van der Waals surface area contributed by atoms with Crippen molar-refractivity contribution >= 4 is 5.78 Å². The van der Waals surface area contributed by atoms with Crippen molar-refractivity contribution < 1.29 is 22.7 Å². The van der Waals surface area contributed by atoms with Crippen LogP contribution < -0.4 is 4.74 Å². The molecule has 110 valence electrons. The average molecular weight is 294 g/mol. The van der Waals surface area contributed by atoms with E-state index in [1.54, 1.807) is 19.1 Å². The lowest BCUT2D eigenvalue weighted by Gasteiger charge is -2.13. The van der Waals surface area contributed by atoms with E-state index in [1.807, 2.05) is 6.92 Å². The Morgan fingerprint density at radius 1 is 0.952 bits per heavy atom. The molecule has 0 heterocycles. The van der Waals surface area contributed by atoms with Crippen LogP contribution in [0, 0.1) is 31.3 Å². The molecule has 0 fully saturated rings. The fraction of sp³-hybridized carbons (Fsp3) is 0.188. The first-order valence-electron chi connectivity index (χ1n) is 6.19. The summed E-state index contributed by atoms with van der Waals surface area (Å²) < 4.78 is 45.6. The lowest BCUT2D eigenvalue weighted by Crippen LogP contribution is -2.11. The number of carbonyl (C=O) groups is 1. The van der Waals surface area contributed by atoms with E-state index < -0.39 is 28.8 Å². The fourth-order valence-corrected chi connectivity index (χ4v) is 2.26. The first kappa shape index (κ1) is 15.1. The summed E-state index contributed by atoms with van der Waals surface area (Å²) in [4.78, 5) is 12.4. The summed E-state index contributed by atoms with van der Waals surface area (Å²) in [6.45, 7) is 3.45. The number of hydrogen-bond donors (Lipinski definition) is 0. The maximum atomic E-state index is 13.8. The van der Waals surface area contributed by atoms with Crippen LogP contribution in [0.3, 0.4) is 0 Å². The number of halogens is 3. The average Bonchev–Trinajstić information content (AvgIpc) is 2.35. The summed E-state index contributed by atoms with van der Waals surface area (Å²) in [6, 6.07) is 4.26. The minimum absolute atomic E-state index is 0.0625. The van der Waals surface area contributed by atoms with Gasteiger partial charge in [0.15, 0.2) is 0 Å². The van der Waals surface area contributed by atoms with E-state index in [1.165, 1.54) is 7.11 Å². The molecule has 0 N–H and O–H groups in total. The van der Waals surface area contributed by atoms with Crippen molar-refractivity contribution in [2.24, 2.45) is 0 Å². The third-order valence-corrected chi connectivity index (χ3v) is 3.12. The smallest absolute Gasteiger partial charge is 0.202 e. The van der Waals surface area contributed by atoms with Crippen molar-refractivity contribution in [3.05, 3.63) is 64.0 Å². The molecule has 5 heteroatoms. The van der Waals surface area contributed by atoms with E-state index in [9.17, 15) is 18.0 Å². The van der Waals surface area contributed by atoms with E-state index >= 15 is 0 Å². The van der Waals surface area contributed by atoms with Crippen molar-refractivity contribution in [3.63, 3.8) is 0 Å². The Labute approximate surface area is 120 Å². The molecule has 0 aromatic heterocycles. The van der Waals surface area contributed by atoms with Gasteiger partial charge in [0.05, 0.1) is 18.2 Å². The largest absolute Gasteiger partial charge is 0.496 e. The number of carbonyl (C=O) groups excluding carboxylic acids is 1. The Morgan fingerprint density at radius 3 is 2.05 bits per heavy atom. The van der Waals surface area contributed by atoms with Crippen molar-refractivity contribution in [2.75, 3.05) is 7.11 Å². The molecule has 2 nitrogen and oxygen atoms in total. The quantitative estimate of drug-likeness (QED) is 0.801. The molecule has 0 aliphatic rings. The summed E-state index contributed by atoms with van der Waals surface area (Å²) in [5.41, 5.74) is 0.648. The van der Waals surface area contributed by atoms with E-state index in [0.717, 1.165) is 5.56 Å². The highest BCUT2D eigenvalue weighted by molar-refractivity contribution is 6.12. The van der Waals surface area contributed by atoms with Gasteiger partial charge in [0, 0.05) is 12.1 Å². The number of methoxy groups -OCH3 is 1. The Morgan fingerprint density at radius 2 is 1.52 bits per heavy atom. The van der Waals surface area contributed by atoms with Gasteiger partial charge in [0.2, 0.25) is 5.78 Å². The minimum Gasteiger partial charge on any atom is -0.496 e. The van der Waals surface area contributed by atoms with Gasteiger partial charge in [0.1, 0.15) is 23.2 Å². The van der Waals surface area contributed by atoms with Gasteiger partial charge in [-0.2, -0.15) is 0 Å². The highest BCUT2D eigenvalue weighted by Crippen LogP contribution is 2.28. The monoisotopic (exact) mass is 294 g/mol. The standard InChI is InChI=1S/C16H13F3O2/c1-8-4-9(2)14(13(5-8)21-3)16(20)15-11(18)6-10(17)7-12(15)19/h4-7H,1-3H3. The highest BCUT2D eigenvalue weighted by Gasteiger charge is 2.24. The molecule has 2 rings (SSSR count). The predicted molar refractivity (Wildman–Crippen MR) is 72.2 cm³/mol. The van der Waals surface area contributed by atoms with Crippen molar-refractivity contribution in [2.45, 2.75) is 13.8 Å². The van der Waals surface area contributed by atoms with Crippen LogP contribution >= 0.6 is 0 Å². The summed E-state index contributed by atoms with van der Waals surface area (Å²) in [7, 11) is 1.36. The Hall–Kier alpha value is -2.30. The van der Waals surface area contributed by atoms with Gasteiger partial charge in [0.25, 0.3) is 0 Å². The second-order valence-electron chi connectivity index (χ2n) is 4.73. The summed E-state index contributed by atoms with van der Waals surface area (Å²) >= 11 is 0. The van der Waals surface area contributed by atoms with Gasteiger partial charge < -0.3 is 4.74 Å². The molecule has 0 atom stereocenters. The van der Waals surface area contributed by atoms with Crippen molar-refractivity contribution in [1.29, 1.82) is 0 Å². The first-order chi connectivity index (χ1) is 9.85. The van der Waals surface area contributed by atoms with Gasteiger partial charge in [-0.05, 0) is 31.0 Å². The van der Waals surface area contributed by atoms with Crippen LogP contribution in [0.25, 0.3) is 0 Å². The number of hydrogen-bond acceptors (Lipinski definition) is 2. The minimum atomic E-state index is -1.24.